The maximum Gasteiger partial charge on any atom is 0.170 e. The first kappa shape index (κ1) is 23.5. The molecule has 2 aromatic heterocycles. The minimum atomic E-state index is 0.0191. The van der Waals surface area contributed by atoms with E-state index in [1.807, 2.05) is 12.3 Å². The van der Waals surface area contributed by atoms with Gasteiger partial charge in [-0.15, -0.1) is 0 Å². The zero-order valence-electron chi connectivity index (χ0n) is 20.6. The van der Waals surface area contributed by atoms with Gasteiger partial charge in [0, 0.05) is 29.8 Å². The molecule has 2 atom stereocenters. The van der Waals surface area contributed by atoms with Crippen LogP contribution in [0.3, 0.4) is 0 Å². The van der Waals surface area contributed by atoms with Crippen LogP contribution >= 0.6 is 12.2 Å². The van der Waals surface area contributed by atoms with Gasteiger partial charge in [-0.05, 0) is 108 Å². The van der Waals surface area contributed by atoms with Crippen molar-refractivity contribution in [3.63, 3.8) is 0 Å². The molecule has 0 unspecified atom stereocenters. The third-order valence-electron chi connectivity index (χ3n) is 6.60. The summed E-state index contributed by atoms with van der Waals surface area (Å²) in [6.45, 7) is 10.7. The van der Waals surface area contributed by atoms with Crippen LogP contribution < -0.4 is 5.32 Å². The number of aryl methyl sites for hydroxylation is 3. The predicted molar refractivity (Wildman–Crippen MR) is 140 cm³/mol. The van der Waals surface area contributed by atoms with E-state index in [4.69, 9.17) is 17.2 Å². The number of thiocarbonyl (C=S) groups is 1. The van der Waals surface area contributed by atoms with Gasteiger partial charge in [-0.25, -0.2) is 0 Å². The van der Waals surface area contributed by atoms with Gasteiger partial charge in [0.1, 0.15) is 0 Å². The summed E-state index contributed by atoms with van der Waals surface area (Å²) >= 11 is 5.85. The van der Waals surface area contributed by atoms with Crippen LogP contribution in [0.5, 0.6) is 0 Å². The van der Waals surface area contributed by atoms with Crippen LogP contribution in [-0.2, 0) is 0 Å². The molecule has 0 spiro atoms. The molecule has 33 heavy (non-hydrogen) atoms. The SMILES string of the molecule is Cc1ccc(C)c(-n2c(C)cc([C@H]3[C@H](c4ccccn4)NC(=S)N3CCCN(C)C)c2C)c1. The van der Waals surface area contributed by atoms with Gasteiger partial charge in [-0.3, -0.25) is 4.98 Å². The molecule has 0 radical (unpaired) electrons. The Morgan fingerprint density at radius 2 is 1.85 bits per heavy atom. The first-order chi connectivity index (χ1) is 15.8. The second kappa shape index (κ2) is 9.65. The lowest BCUT2D eigenvalue weighted by Gasteiger charge is -2.28. The van der Waals surface area contributed by atoms with Crippen LogP contribution in [0.1, 0.15) is 52.3 Å². The Kier molecular flexibility index (Phi) is 6.86. The standard InChI is InChI=1S/C27H35N5S/c1-18-11-12-19(2)24(16-18)32-20(3)17-22(21(32)4)26-25(23-10-7-8-13-28-23)29-27(33)31(26)15-9-14-30(5)6/h7-8,10-13,16-17,25-26H,9,14-15H2,1-6H3,(H,29,33)/t25-,26-/m0/s1. The van der Waals surface area contributed by atoms with E-state index in [0.29, 0.717) is 0 Å². The van der Waals surface area contributed by atoms with Crippen molar-refractivity contribution in [3.05, 3.63) is 82.4 Å². The van der Waals surface area contributed by atoms with Gasteiger partial charge >= 0.3 is 0 Å². The van der Waals surface area contributed by atoms with E-state index in [0.717, 1.165) is 30.3 Å². The molecule has 1 aromatic carbocycles. The number of rotatable bonds is 7. The minimum absolute atomic E-state index is 0.0191. The van der Waals surface area contributed by atoms with Gasteiger partial charge in [-0.2, -0.15) is 0 Å². The first-order valence-electron chi connectivity index (χ1n) is 11.7. The molecule has 6 heteroatoms. The molecule has 0 amide bonds. The number of pyridine rings is 1. The van der Waals surface area contributed by atoms with Crippen molar-refractivity contribution in [2.24, 2.45) is 0 Å². The van der Waals surface area contributed by atoms with E-state index in [1.165, 1.54) is 33.8 Å². The number of aromatic nitrogens is 2. The fourth-order valence-electron chi connectivity index (χ4n) is 4.96. The molecular formula is C27H35N5S. The summed E-state index contributed by atoms with van der Waals surface area (Å²) in [5.41, 5.74) is 8.62. The van der Waals surface area contributed by atoms with Crippen LogP contribution in [0.4, 0.5) is 0 Å². The Morgan fingerprint density at radius 3 is 2.55 bits per heavy atom. The van der Waals surface area contributed by atoms with Crippen LogP contribution in [0.25, 0.3) is 5.69 Å². The van der Waals surface area contributed by atoms with Crippen molar-refractivity contribution in [2.75, 3.05) is 27.2 Å². The normalized spacial score (nSPS) is 18.3. The monoisotopic (exact) mass is 461 g/mol. The van der Waals surface area contributed by atoms with E-state index < -0.39 is 0 Å². The van der Waals surface area contributed by atoms with Crippen LogP contribution in [0.15, 0.2) is 48.7 Å². The topological polar surface area (TPSA) is 36.3 Å². The number of benzene rings is 1. The quantitative estimate of drug-likeness (QED) is 0.500. The largest absolute Gasteiger partial charge is 0.352 e. The van der Waals surface area contributed by atoms with Crippen molar-refractivity contribution in [1.29, 1.82) is 0 Å². The average Bonchev–Trinajstić information content (AvgIpc) is 3.25. The lowest BCUT2D eigenvalue weighted by Crippen LogP contribution is -2.32. The third kappa shape index (κ3) is 4.68. The van der Waals surface area contributed by atoms with Crippen molar-refractivity contribution in [1.82, 2.24) is 24.7 Å². The molecule has 0 saturated carbocycles. The second-order valence-electron chi connectivity index (χ2n) is 9.43. The van der Waals surface area contributed by atoms with Crippen molar-refractivity contribution >= 4 is 17.3 Å². The molecule has 3 aromatic rings. The molecule has 174 valence electrons. The predicted octanol–water partition coefficient (Wildman–Crippen LogP) is 5.03. The molecule has 3 heterocycles. The molecule has 1 aliphatic heterocycles. The number of hydrogen-bond donors (Lipinski definition) is 1. The fourth-order valence-corrected chi connectivity index (χ4v) is 5.29. The van der Waals surface area contributed by atoms with E-state index in [1.54, 1.807) is 0 Å². The Morgan fingerprint density at radius 1 is 1.06 bits per heavy atom. The molecule has 5 nitrogen and oxygen atoms in total. The Labute approximate surface area is 203 Å². The van der Waals surface area contributed by atoms with Crippen LogP contribution in [0, 0.1) is 27.7 Å². The van der Waals surface area contributed by atoms with Gasteiger partial charge in [0.15, 0.2) is 5.11 Å². The lowest BCUT2D eigenvalue weighted by molar-refractivity contribution is 0.292. The molecule has 4 rings (SSSR count). The molecule has 0 bridgehead atoms. The summed E-state index contributed by atoms with van der Waals surface area (Å²) in [5.74, 6) is 0. The van der Waals surface area contributed by atoms with Gasteiger partial charge in [-0.1, -0.05) is 18.2 Å². The van der Waals surface area contributed by atoms with Crippen molar-refractivity contribution in [2.45, 2.75) is 46.2 Å². The first-order valence-corrected chi connectivity index (χ1v) is 12.1. The summed E-state index contributed by atoms with van der Waals surface area (Å²) in [5, 5.41) is 4.41. The van der Waals surface area contributed by atoms with E-state index in [-0.39, 0.29) is 12.1 Å². The zero-order valence-corrected chi connectivity index (χ0v) is 21.4. The summed E-state index contributed by atoms with van der Waals surface area (Å²) in [6.07, 6.45) is 2.92. The maximum absolute atomic E-state index is 5.85. The van der Waals surface area contributed by atoms with Crippen LogP contribution in [-0.4, -0.2) is 51.6 Å². The molecule has 1 fully saturated rings. The number of nitrogens with one attached hydrogen (secondary N) is 1. The number of nitrogens with zero attached hydrogens (tertiary/aromatic N) is 4. The zero-order chi connectivity index (χ0) is 23.7. The van der Waals surface area contributed by atoms with Crippen molar-refractivity contribution < 1.29 is 0 Å². The summed E-state index contributed by atoms with van der Waals surface area (Å²) in [6, 6.07) is 15.2. The highest BCUT2D eigenvalue weighted by atomic mass is 32.1. The summed E-state index contributed by atoms with van der Waals surface area (Å²) < 4.78 is 2.40. The van der Waals surface area contributed by atoms with E-state index >= 15 is 0 Å². The summed E-state index contributed by atoms with van der Waals surface area (Å²) in [7, 11) is 4.24. The van der Waals surface area contributed by atoms with Crippen molar-refractivity contribution in [3.8, 4) is 5.69 Å². The lowest BCUT2D eigenvalue weighted by atomic mass is 9.96. The molecule has 0 aliphatic carbocycles. The highest BCUT2D eigenvalue weighted by Crippen LogP contribution is 2.41. The van der Waals surface area contributed by atoms with Gasteiger partial charge in [0.25, 0.3) is 0 Å². The molecule has 1 N–H and O–H groups in total. The highest BCUT2D eigenvalue weighted by molar-refractivity contribution is 7.80. The van der Waals surface area contributed by atoms with Crippen LogP contribution in [0.2, 0.25) is 0 Å². The van der Waals surface area contributed by atoms with Gasteiger partial charge in [0.2, 0.25) is 0 Å². The Balaban J connectivity index is 1.80. The Bertz CT molecular complexity index is 1130. The highest BCUT2D eigenvalue weighted by Gasteiger charge is 2.41. The smallest absolute Gasteiger partial charge is 0.170 e. The average molecular weight is 462 g/mol. The van der Waals surface area contributed by atoms with Gasteiger partial charge in [0.05, 0.1) is 17.8 Å². The Hall–Kier alpha value is -2.70. The number of hydrogen-bond acceptors (Lipinski definition) is 3. The molecule has 1 aliphatic rings. The minimum Gasteiger partial charge on any atom is -0.352 e. The van der Waals surface area contributed by atoms with E-state index in [9.17, 15) is 0 Å². The maximum atomic E-state index is 5.85. The fraction of sp³-hybridized carbons (Fsp3) is 0.407. The van der Waals surface area contributed by atoms with Gasteiger partial charge < -0.3 is 19.7 Å². The van der Waals surface area contributed by atoms with E-state index in [2.05, 4.69) is 97.9 Å². The second-order valence-corrected chi connectivity index (χ2v) is 9.82. The molecular weight excluding hydrogens is 426 g/mol. The molecule has 1 saturated heterocycles. The third-order valence-corrected chi connectivity index (χ3v) is 6.95. The summed E-state index contributed by atoms with van der Waals surface area (Å²) in [4.78, 5) is 9.29.